The van der Waals surface area contributed by atoms with Crippen LogP contribution in [0.1, 0.15) is 42.5 Å². The first-order valence-corrected chi connectivity index (χ1v) is 9.65. The van der Waals surface area contributed by atoms with E-state index in [0.717, 1.165) is 5.39 Å². The minimum Gasteiger partial charge on any atom is -0.481 e. The second kappa shape index (κ2) is 6.24. The third-order valence-corrected chi connectivity index (χ3v) is 6.02. The molecule has 4 heterocycles. The van der Waals surface area contributed by atoms with Crippen molar-refractivity contribution >= 4 is 22.8 Å². The van der Waals surface area contributed by atoms with Crippen LogP contribution in [0.15, 0.2) is 41.2 Å². The summed E-state index contributed by atoms with van der Waals surface area (Å²) in [6.07, 6.45) is -0.255. The molecule has 0 radical (unpaired) electrons. The van der Waals surface area contributed by atoms with E-state index in [1.54, 1.807) is 13.0 Å². The molecule has 5 rings (SSSR count). The number of aliphatic carboxylic acids is 1. The minimum atomic E-state index is -1.93. The molecule has 1 aromatic carbocycles. The normalized spacial score (nSPS) is 21.7. The van der Waals surface area contributed by atoms with E-state index in [1.807, 2.05) is 30.3 Å². The summed E-state index contributed by atoms with van der Waals surface area (Å²) >= 11 is 0. The Kier molecular flexibility index (Phi) is 3.85. The summed E-state index contributed by atoms with van der Waals surface area (Å²) < 4.78 is 6.48. The van der Waals surface area contributed by atoms with Crippen molar-refractivity contribution < 1.29 is 24.5 Å². The van der Waals surface area contributed by atoms with E-state index in [0.29, 0.717) is 22.5 Å². The van der Waals surface area contributed by atoms with Gasteiger partial charge in [0.1, 0.15) is 6.61 Å². The molecule has 0 fully saturated rings. The van der Waals surface area contributed by atoms with Gasteiger partial charge in [-0.2, -0.15) is 0 Å². The van der Waals surface area contributed by atoms with Gasteiger partial charge in [0.15, 0.2) is 5.60 Å². The number of aromatic nitrogens is 2. The number of carboxylic acids is 1. The summed E-state index contributed by atoms with van der Waals surface area (Å²) in [4.78, 5) is 42.0. The Hall–Kier alpha value is -3.52. The van der Waals surface area contributed by atoms with Gasteiger partial charge in [0.25, 0.3) is 5.56 Å². The van der Waals surface area contributed by atoms with E-state index >= 15 is 0 Å². The maximum absolute atomic E-state index is 13.4. The Labute approximate surface area is 170 Å². The van der Waals surface area contributed by atoms with Crippen LogP contribution in [0, 0.1) is 0 Å². The van der Waals surface area contributed by atoms with E-state index in [9.17, 15) is 24.6 Å². The number of nitrogens with zero attached hydrogens (tertiary/aromatic N) is 2. The zero-order valence-electron chi connectivity index (χ0n) is 16.1. The monoisotopic (exact) mass is 406 g/mol. The lowest BCUT2D eigenvalue weighted by molar-refractivity contribution is -0.172. The van der Waals surface area contributed by atoms with Crippen molar-refractivity contribution in [2.45, 2.75) is 38.0 Å². The van der Waals surface area contributed by atoms with Crippen LogP contribution in [0.2, 0.25) is 0 Å². The molecule has 0 saturated carbocycles. The molecule has 2 atom stereocenters. The summed E-state index contributed by atoms with van der Waals surface area (Å²) in [7, 11) is 0. The fourth-order valence-electron chi connectivity index (χ4n) is 4.46. The highest BCUT2D eigenvalue weighted by molar-refractivity contribution is 5.87. The number of esters is 1. The van der Waals surface area contributed by atoms with Gasteiger partial charge in [-0.05, 0) is 24.6 Å². The minimum absolute atomic E-state index is 0.0400. The van der Waals surface area contributed by atoms with Gasteiger partial charge in [-0.1, -0.05) is 25.1 Å². The van der Waals surface area contributed by atoms with Crippen molar-refractivity contribution in [3.8, 4) is 11.4 Å². The maximum atomic E-state index is 13.4. The van der Waals surface area contributed by atoms with E-state index in [4.69, 9.17) is 4.74 Å². The smallest absolute Gasteiger partial charge is 0.343 e. The summed E-state index contributed by atoms with van der Waals surface area (Å²) in [5.41, 5.74) is 0.172. The van der Waals surface area contributed by atoms with Crippen molar-refractivity contribution in [3.63, 3.8) is 0 Å². The van der Waals surface area contributed by atoms with Crippen molar-refractivity contribution in [3.05, 3.63) is 63.4 Å². The van der Waals surface area contributed by atoms with Gasteiger partial charge in [0.05, 0.1) is 34.9 Å². The topological polar surface area (TPSA) is 119 Å². The second-order valence-electron chi connectivity index (χ2n) is 7.62. The number of carboxylic acid groups (broad SMARTS) is 1. The highest BCUT2D eigenvalue weighted by Gasteiger charge is 2.46. The lowest BCUT2D eigenvalue weighted by Gasteiger charge is -2.32. The molecule has 2 N–H and O–H groups in total. The Morgan fingerprint density at radius 2 is 2.07 bits per heavy atom. The van der Waals surface area contributed by atoms with Crippen LogP contribution in [-0.4, -0.2) is 31.7 Å². The van der Waals surface area contributed by atoms with Gasteiger partial charge >= 0.3 is 11.9 Å². The van der Waals surface area contributed by atoms with Crippen LogP contribution in [-0.2, 0) is 26.5 Å². The fourth-order valence-corrected chi connectivity index (χ4v) is 4.46. The number of fused-ring (bicyclic) bond motifs is 5. The molecular weight excluding hydrogens is 388 g/mol. The molecule has 1 unspecified atom stereocenters. The maximum Gasteiger partial charge on any atom is 0.343 e. The number of para-hydroxylation sites is 1. The molecule has 0 bridgehead atoms. The van der Waals surface area contributed by atoms with Crippen molar-refractivity contribution in [2.24, 2.45) is 0 Å². The number of carbonyl (C=O) groups is 2. The lowest BCUT2D eigenvalue weighted by atomic mass is 9.86. The standard InChI is InChI=1S/C22H18N2O6/c1-2-22(29)14-8-17-19-12(7-11-5-3-4-6-15(11)23-19)16(9-18(25)26)24(17)20(27)13(14)10-30-21(22)28/h3-8,16,29H,2,9-10H2,1H3,(H,25,26)/t16?,22-/m0/s1. The molecule has 0 aliphatic carbocycles. The van der Waals surface area contributed by atoms with Crippen molar-refractivity contribution in [1.29, 1.82) is 0 Å². The van der Waals surface area contributed by atoms with Crippen LogP contribution >= 0.6 is 0 Å². The van der Waals surface area contributed by atoms with Crippen LogP contribution in [0.4, 0.5) is 0 Å². The van der Waals surface area contributed by atoms with E-state index in [-0.39, 0.29) is 30.6 Å². The number of aliphatic hydroxyl groups is 1. The number of hydrogen-bond donors (Lipinski definition) is 2. The molecule has 8 heteroatoms. The molecular formula is C22H18N2O6. The molecule has 8 nitrogen and oxygen atoms in total. The number of carbonyl (C=O) groups excluding carboxylic acids is 1. The number of pyridine rings is 2. The number of rotatable bonds is 3. The zero-order valence-corrected chi connectivity index (χ0v) is 16.1. The predicted octanol–water partition coefficient (Wildman–Crippen LogP) is 2.10. The third-order valence-electron chi connectivity index (χ3n) is 6.02. The SMILES string of the molecule is CC[C@@]1(O)C(=O)OCc2c1cc1n(c2=O)C(CC(=O)O)c2cc3ccccc3nc2-1. The predicted molar refractivity (Wildman–Crippen MR) is 106 cm³/mol. The largest absolute Gasteiger partial charge is 0.481 e. The first-order chi connectivity index (χ1) is 14.3. The molecule has 3 aromatic rings. The Morgan fingerprint density at radius 3 is 2.80 bits per heavy atom. The Morgan fingerprint density at radius 1 is 1.30 bits per heavy atom. The average Bonchev–Trinajstić information content (AvgIpc) is 3.02. The number of benzene rings is 1. The van der Waals surface area contributed by atoms with Crippen molar-refractivity contribution in [1.82, 2.24) is 9.55 Å². The van der Waals surface area contributed by atoms with Gasteiger partial charge in [0.2, 0.25) is 0 Å². The average molecular weight is 406 g/mol. The number of cyclic esters (lactones) is 1. The van der Waals surface area contributed by atoms with Crippen molar-refractivity contribution in [2.75, 3.05) is 0 Å². The van der Waals surface area contributed by atoms with Gasteiger partial charge in [-0.3, -0.25) is 14.2 Å². The molecule has 0 spiro atoms. The van der Waals surface area contributed by atoms with E-state index in [2.05, 4.69) is 4.98 Å². The molecule has 2 aliphatic heterocycles. The fraction of sp³-hybridized carbons (Fsp3) is 0.273. The first kappa shape index (κ1) is 18.5. The Bertz CT molecular complexity index is 1310. The van der Waals surface area contributed by atoms with Crippen LogP contribution in [0.25, 0.3) is 22.3 Å². The van der Waals surface area contributed by atoms with E-state index in [1.165, 1.54) is 4.57 Å². The summed E-state index contributed by atoms with van der Waals surface area (Å²) in [6, 6.07) is 10.1. The van der Waals surface area contributed by atoms with Crippen LogP contribution in [0.5, 0.6) is 0 Å². The summed E-state index contributed by atoms with van der Waals surface area (Å²) in [5.74, 6) is -1.85. The number of hydrogen-bond acceptors (Lipinski definition) is 6. The lowest BCUT2D eigenvalue weighted by Crippen LogP contribution is -2.44. The molecule has 0 saturated heterocycles. The van der Waals surface area contributed by atoms with E-state index < -0.39 is 29.1 Å². The molecule has 2 aliphatic rings. The first-order valence-electron chi connectivity index (χ1n) is 9.65. The second-order valence-corrected chi connectivity index (χ2v) is 7.62. The quantitative estimate of drug-likeness (QED) is 0.639. The van der Waals surface area contributed by atoms with Crippen LogP contribution < -0.4 is 5.56 Å². The van der Waals surface area contributed by atoms with Gasteiger partial charge < -0.3 is 14.9 Å². The van der Waals surface area contributed by atoms with Gasteiger partial charge in [-0.25, -0.2) is 9.78 Å². The van der Waals surface area contributed by atoms with Gasteiger partial charge in [0, 0.05) is 16.5 Å². The molecule has 30 heavy (non-hydrogen) atoms. The van der Waals surface area contributed by atoms with Gasteiger partial charge in [-0.15, -0.1) is 0 Å². The zero-order chi connectivity index (χ0) is 21.2. The highest BCUT2D eigenvalue weighted by atomic mass is 16.6. The molecule has 0 amide bonds. The Balaban J connectivity index is 1.86. The molecule has 152 valence electrons. The third kappa shape index (κ3) is 2.37. The highest BCUT2D eigenvalue weighted by Crippen LogP contribution is 2.43. The number of ether oxygens (including phenoxy) is 1. The summed E-state index contributed by atoms with van der Waals surface area (Å²) in [5, 5.41) is 21.3. The molecule has 2 aromatic heterocycles. The summed E-state index contributed by atoms with van der Waals surface area (Å²) in [6.45, 7) is 1.37. The van der Waals surface area contributed by atoms with Crippen LogP contribution in [0.3, 0.4) is 0 Å².